The number of benzene rings is 1. The van der Waals surface area contributed by atoms with Crippen LogP contribution in [0, 0.1) is 17.7 Å². The summed E-state index contributed by atoms with van der Waals surface area (Å²) < 4.78 is 18.6. The molecule has 0 radical (unpaired) electrons. The maximum atomic E-state index is 13.1. The van der Waals surface area contributed by atoms with Crippen molar-refractivity contribution < 1.29 is 9.13 Å². The molecule has 0 unspecified atom stereocenters. The Morgan fingerprint density at radius 2 is 1.69 bits per heavy atom. The average Bonchev–Trinajstić information content (AvgIpc) is 2.78. The maximum Gasteiger partial charge on any atom is 0.232 e. The van der Waals surface area contributed by atoms with Crippen molar-refractivity contribution >= 4 is 34.9 Å². The molecule has 3 heterocycles. The van der Waals surface area contributed by atoms with E-state index < -0.39 is 0 Å². The molecule has 0 spiro atoms. The van der Waals surface area contributed by atoms with E-state index in [0.29, 0.717) is 42.7 Å². The Hall–Kier alpha value is -2.52. The van der Waals surface area contributed by atoms with Gasteiger partial charge in [-0.25, -0.2) is 4.39 Å². The third kappa shape index (κ3) is 6.04. The van der Waals surface area contributed by atoms with Gasteiger partial charge in [-0.3, -0.25) is 0 Å². The van der Waals surface area contributed by atoms with Crippen molar-refractivity contribution in [3.63, 3.8) is 0 Å². The molecule has 2 fully saturated rings. The first-order chi connectivity index (χ1) is 15.5. The second-order valence-corrected chi connectivity index (χ2v) is 9.20. The first kappa shape index (κ1) is 22.7. The number of halogens is 1. The highest BCUT2D eigenvalue weighted by molar-refractivity contribution is 7.80. The summed E-state index contributed by atoms with van der Waals surface area (Å²) in [6.45, 7) is 10.0. The standard InChI is InChI=1S/C23H31FN6OS/c1-16-11-17(2)15-30(14-16)21-12-20(29-7-9-31-10-8-29)26-22(27-21)28-23(32)25-13-18-3-5-19(24)6-4-18/h3-6,12,16-17H,7-11,13-15H2,1-2H3,(H2,25,26,27,28,32)/t16-,17+. The molecule has 0 bridgehead atoms. The average molecular weight is 459 g/mol. The van der Waals surface area contributed by atoms with Gasteiger partial charge >= 0.3 is 0 Å². The quantitative estimate of drug-likeness (QED) is 0.661. The molecule has 172 valence electrons. The lowest BCUT2D eigenvalue weighted by molar-refractivity contribution is 0.122. The summed E-state index contributed by atoms with van der Waals surface area (Å²) in [6, 6.07) is 8.43. The topological polar surface area (TPSA) is 65.6 Å². The minimum Gasteiger partial charge on any atom is -0.378 e. The normalized spacial score (nSPS) is 21.3. The number of ether oxygens (including phenoxy) is 1. The van der Waals surface area contributed by atoms with Gasteiger partial charge in [0.05, 0.1) is 13.2 Å². The Labute approximate surface area is 194 Å². The first-order valence-electron chi connectivity index (χ1n) is 11.2. The van der Waals surface area contributed by atoms with Gasteiger partial charge in [0.25, 0.3) is 0 Å². The van der Waals surface area contributed by atoms with Crippen LogP contribution in [-0.2, 0) is 11.3 Å². The van der Waals surface area contributed by atoms with Crippen molar-refractivity contribution in [1.29, 1.82) is 0 Å². The minimum atomic E-state index is -0.253. The number of nitrogens with one attached hydrogen (secondary N) is 2. The zero-order valence-corrected chi connectivity index (χ0v) is 19.5. The van der Waals surface area contributed by atoms with Gasteiger partial charge in [0, 0.05) is 38.8 Å². The molecule has 2 saturated heterocycles. The Kier molecular flexibility index (Phi) is 7.36. The minimum absolute atomic E-state index is 0.253. The van der Waals surface area contributed by atoms with E-state index in [0.717, 1.165) is 43.4 Å². The lowest BCUT2D eigenvalue weighted by Crippen LogP contribution is -2.40. The fraction of sp³-hybridized carbons (Fsp3) is 0.522. The second-order valence-electron chi connectivity index (χ2n) is 8.79. The summed E-state index contributed by atoms with van der Waals surface area (Å²) in [5, 5.41) is 6.72. The van der Waals surface area contributed by atoms with Gasteiger partial charge in [0.1, 0.15) is 17.5 Å². The fourth-order valence-electron chi connectivity index (χ4n) is 4.37. The van der Waals surface area contributed by atoms with Gasteiger partial charge in [-0.1, -0.05) is 26.0 Å². The van der Waals surface area contributed by atoms with Crippen LogP contribution < -0.4 is 20.4 Å². The smallest absolute Gasteiger partial charge is 0.232 e. The predicted molar refractivity (Wildman–Crippen MR) is 130 cm³/mol. The summed E-state index contributed by atoms with van der Waals surface area (Å²) in [7, 11) is 0. The number of piperidine rings is 1. The lowest BCUT2D eigenvalue weighted by atomic mass is 9.92. The first-order valence-corrected chi connectivity index (χ1v) is 11.6. The summed E-state index contributed by atoms with van der Waals surface area (Å²) >= 11 is 5.47. The van der Waals surface area contributed by atoms with Crippen molar-refractivity contribution in [2.45, 2.75) is 26.8 Å². The molecule has 2 aromatic rings. The summed E-state index contributed by atoms with van der Waals surface area (Å²) in [5.74, 6) is 3.27. The number of thiocarbonyl (C=S) groups is 1. The molecular weight excluding hydrogens is 427 g/mol. The molecule has 0 aliphatic carbocycles. The Morgan fingerprint density at radius 3 is 2.34 bits per heavy atom. The monoisotopic (exact) mass is 458 g/mol. The highest BCUT2D eigenvalue weighted by Crippen LogP contribution is 2.28. The zero-order valence-electron chi connectivity index (χ0n) is 18.7. The van der Waals surface area contributed by atoms with Crippen molar-refractivity contribution in [3.05, 3.63) is 41.7 Å². The van der Waals surface area contributed by atoms with E-state index >= 15 is 0 Å². The maximum absolute atomic E-state index is 13.1. The van der Waals surface area contributed by atoms with Gasteiger partial charge in [0.2, 0.25) is 5.95 Å². The van der Waals surface area contributed by atoms with Gasteiger partial charge in [0.15, 0.2) is 5.11 Å². The van der Waals surface area contributed by atoms with Gasteiger partial charge in [-0.2, -0.15) is 9.97 Å². The molecule has 0 saturated carbocycles. The highest BCUT2D eigenvalue weighted by atomic mass is 32.1. The SMILES string of the molecule is C[C@@H]1C[C@H](C)CN(c2cc(N3CCOCC3)nc(NC(=S)NCc3ccc(F)cc3)n2)C1. The van der Waals surface area contributed by atoms with E-state index in [4.69, 9.17) is 26.9 Å². The van der Waals surface area contributed by atoms with Crippen LogP contribution in [0.25, 0.3) is 0 Å². The third-order valence-electron chi connectivity index (χ3n) is 5.82. The lowest BCUT2D eigenvalue weighted by Gasteiger charge is -2.36. The van der Waals surface area contributed by atoms with Crippen LogP contribution in [-0.4, -0.2) is 54.5 Å². The Bertz CT molecular complexity index is 911. The number of morpholine rings is 1. The van der Waals surface area contributed by atoms with Crippen molar-refractivity contribution in [2.75, 3.05) is 54.5 Å². The highest BCUT2D eigenvalue weighted by Gasteiger charge is 2.25. The van der Waals surface area contributed by atoms with Crippen LogP contribution in [0.3, 0.4) is 0 Å². The molecule has 0 amide bonds. The molecule has 2 aliphatic rings. The molecule has 9 heteroatoms. The Balaban J connectivity index is 1.50. The van der Waals surface area contributed by atoms with Crippen LogP contribution in [0.5, 0.6) is 0 Å². The summed E-state index contributed by atoms with van der Waals surface area (Å²) in [4.78, 5) is 14.1. The molecule has 4 rings (SSSR count). The number of rotatable bonds is 5. The van der Waals surface area contributed by atoms with E-state index in [2.05, 4.69) is 40.3 Å². The Morgan fingerprint density at radius 1 is 1.06 bits per heavy atom. The van der Waals surface area contributed by atoms with E-state index in [1.54, 1.807) is 12.1 Å². The number of anilines is 3. The molecule has 32 heavy (non-hydrogen) atoms. The largest absolute Gasteiger partial charge is 0.378 e. The van der Waals surface area contributed by atoms with Crippen LogP contribution in [0.1, 0.15) is 25.8 Å². The molecule has 2 N–H and O–H groups in total. The van der Waals surface area contributed by atoms with Gasteiger partial charge < -0.3 is 25.2 Å². The summed E-state index contributed by atoms with van der Waals surface area (Å²) in [6.07, 6.45) is 1.24. The van der Waals surface area contributed by atoms with Crippen molar-refractivity contribution in [3.8, 4) is 0 Å². The molecular formula is C23H31FN6OS. The number of hydrogen-bond acceptors (Lipinski definition) is 6. The van der Waals surface area contributed by atoms with E-state index in [1.807, 2.05) is 0 Å². The number of aromatic nitrogens is 2. The van der Waals surface area contributed by atoms with Crippen LogP contribution in [0.4, 0.5) is 22.0 Å². The fourth-order valence-corrected chi connectivity index (χ4v) is 4.54. The molecule has 1 aromatic heterocycles. The summed E-state index contributed by atoms with van der Waals surface area (Å²) in [5.41, 5.74) is 0.940. The van der Waals surface area contributed by atoms with E-state index in [9.17, 15) is 4.39 Å². The van der Waals surface area contributed by atoms with E-state index in [1.165, 1.54) is 18.6 Å². The zero-order chi connectivity index (χ0) is 22.5. The van der Waals surface area contributed by atoms with E-state index in [-0.39, 0.29) is 5.82 Å². The predicted octanol–water partition coefficient (Wildman–Crippen LogP) is 3.42. The third-order valence-corrected chi connectivity index (χ3v) is 6.07. The van der Waals surface area contributed by atoms with Gasteiger partial charge in [-0.15, -0.1) is 0 Å². The van der Waals surface area contributed by atoms with Crippen molar-refractivity contribution in [2.24, 2.45) is 11.8 Å². The molecule has 1 aromatic carbocycles. The van der Waals surface area contributed by atoms with Crippen LogP contribution in [0.15, 0.2) is 30.3 Å². The molecule has 7 nitrogen and oxygen atoms in total. The second kappa shape index (κ2) is 10.4. The van der Waals surface area contributed by atoms with Gasteiger partial charge in [-0.05, 0) is 48.2 Å². The van der Waals surface area contributed by atoms with Crippen molar-refractivity contribution in [1.82, 2.24) is 15.3 Å². The molecule has 2 aliphatic heterocycles. The van der Waals surface area contributed by atoms with Crippen LogP contribution in [0.2, 0.25) is 0 Å². The number of hydrogen-bond donors (Lipinski definition) is 2. The van der Waals surface area contributed by atoms with Crippen LogP contribution >= 0.6 is 12.2 Å². The molecule has 2 atom stereocenters. The number of nitrogens with zero attached hydrogens (tertiary/aromatic N) is 4.